The zero-order valence-electron chi connectivity index (χ0n) is 6.34. The van der Waals surface area contributed by atoms with Gasteiger partial charge in [0.15, 0.2) is 0 Å². The first-order chi connectivity index (χ1) is 5.33. The van der Waals surface area contributed by atoms with Gasteiger partial charge in [-0.05, 0) is 36.3 Å². The Kier molecular flexibility index (Phi) is 0.958. The van der Waals surface area contributed by atoms with Gasteiger partial charge in [-0.25, -0.2) is 0 Å². The van der Waals surface area contributed by atoms with Crippen molar-refractivity contribution >= 4 is 11.3 Å². The summed E-state index contributed by atoms with van der Waals surface area (Å²) in [4.78, 5) is 1.55. The fourth-order valence-electron chi connectivity index (χ4n) is 2.31. The fourth-order valence-corrected chi connectivity index (χ4v) is 3.35. The van der Waals surface area contributed by atoms with Gasteiger partial charge in [-0.2, -0.15) is 0 Å². The van der Waals surface area contributed by atoms with Gasteiger partial charge in [0, 0.05) is 16.3 Å². The van der Waals surface area contributed by atoms with E-state index in [0.29, 0.717) is 11.5 Å². The molecule has 2 heteroatoms. The van der Waals surface area contributed by atoms with Crippen molar-refractivity contribution in [2.75, 3.05) is 0 Å². The molecule has 3 rings (SSSR count). The fraction of sp³-hybridized carbons (Fsp3) is 0.556. The van der Waals surface area contributed by atoms with Crippen molar-refractivity contribution in [3.63, 3.8) is 0 Å². The molecule has 58 valence electrons. The lowest BCUT2D eigenvalue weighted by atomic mass is 9.97. The minimum atomic E-state index is 0.435. The average molecular weight is 165 g/mol. The molecule has 11 heavy (non-hydrogen) atoms. The summed E-state index contributed by atoms with van der Waals surface area (Å²) >= 11 is 1.88. The van der Waals surface area contributed by atoms with E-state index in [1.165, 1.54) is 12.8 Å². The maximum absolute atomic E-state index is 6.08. The topological polar surface area (TPSA) is 26.0 Å². The lowest BCUT2D eigenvalue weighted by Crippen LogP contribution is -2.30. The van der Waals surface area contributed by atoms with Gasteiger partial charge in [-0.3, -0.25) is 0 Å². The number of thiophene rings is 1. The lowest BCUT2D eigenvalue weighted by molar-refractivity contribution is 0.563. The zero-order chi connectivity index (χ0) is 7.47. The third-order valence-electron chi connectivity index (χ3n) is 3.19. The van der Waals surface area contributed by atoms with Crippen LogP contribution in [-0.2, 0) is 11.8 Å². The highest BCUT2D eigenvalue weighted by molar-refractivity contribution is 7.10. The largest absolute Gasteiger partial charge is 0.327 e. The van der Waals surface area contributed by atoms with Crippen LogP contribution < -0.4 is 5.73 Å². The normalized spacial score (nSPS) is 30.8. The van der Waals surface area contributed by atoms with Crippen molar-refractivity contribution in [2.24, 2.45) is 5.73 Å². The van der Waals surface area contributed by atoms with Crippen molar-refractivity contribution in [1.82, 2.24) is 0 Å². The second kappa shape index (κ2) is 1.70. The number of rotatable bonds is 0. The molecule has 0 amide bonds. The first-order valence-corrected chi connectivity index (χ1v) is 5.03. The number of fused-ring (bicyclic) bond motifs is 2. The van der Waals surface area contributed by atoms with Gasteiger partial charge in [-0.1, -0.05) is 0 Å². The molecule has 2 N–H and O–H groups in total. The van der Waals surface area contributed by atoms with E-state index in [1.807, 2.05) is 11.3 Å². The molecule has 0 saturated heterocycles. The quantitative estimate of drug-likeness (QED) is 0.621. The first-order valence-electron chi connectivity index (χ1n) is 4.15. The van der Waals surface area contributed by atoms with E-state index in [2.05, 4.69) is 11.4 Å². The molecule has 1 unspecified atom stereocenters. The smallest absolute Gasteiger partial charge is 0.0185 e. The summed E-state index contributed by atoms with van der Waals surface area (Å²) in [5.74, 6) is 0. The van der Waals surface area contributed by atoms with Crippen LogP contribution in [0.5, 0.6) is 0 Å². The van der Waals surface area contributed by atoms with Gasteiger partial charge in [0.2, 0.25) is 0 Å². The summed E-state index contributed by atoms with van der Waals surface area (Å²) in [6, 6.07) is 2.71. The summed E-state index contributed by atoms with van der Waals surface area (Å²) in [7, 11) is 0. The monoisotopic (exact) mass is 165 g/mol. The number of hydrogen-bond acceptors (Lipinski definition) is 2. The minimum Gasteiger partial charge on any atom is -0.327 e. The third kappa shape index (κ3) is 0.603. The molecular weight excluding hydrogens is 154 g/mol. The second-order valence-corrected chi connectivity index (χ2v) is 4.72. The average Bonchev–Trinajstić information content (AvgIpc) is 2.61. The van der Waals surface area contributed by atoms with Gasteiger partial charge in [-0.15, -0.1) is 11.3 Å². The Balaban J connectivity index is 2.19. The molecule has 1 saturated carbocycles. The van der Waals surface area contributed by atoms with E-state index in [4.69, 9.17) is 5.73 Å². The van der Waals surface area contributed by atoms with E-state index in [1.54, 1.807) is 10.4 Å². The summed E-state index contributed by atoms with van der Waals surface area (Å²) in [6.45, 7) is 0. The number of hydrogen-bond donors (Lipinski definition) is 1. The predicted molar refractivity (Wildman–Crippen MR) is 46.9 cm³/mol. The van der Waals surface area contributed by atoms with Crippen LogP contribution in [0.25, 0.3) is 0 Å². The van der Waals surface area contributed by atoms with Crippen molar-refractivity contribution in [1.29, 1.82) is 0 Å². The molecule has 1 heterocycles. The molecule has 1 aromatic rings. The molecule has 0 bridgehead atoms. The van der Waals surface area contributed by atoms with Gasteiger partial charge in [0.1, 0.15) is 0 Å². The SMILES string of the molecule is NC1Cc2sccc2C12CC2. The van der Waals surface area contributed by atoms with Crippen molar-refractivity contribution in [3.8, 4) is 0 Å². The Hall–Kier alpha value is -0.340. The Labute approximate surface area is 70.2 Å². The zero-order valence-corrected chi connectivity index (χ0v) is 7.16. The number of nitrogens with two attached hydrogens (primary N) is 1. The molecule has 2 aliphatic rings. The van der Waals surface area contributed by atoms with Crippen molar-refractivity contribution < 1.29 is 0 Å². The Morgan fingerprint density at radius 1 is 1.55 bits per heavy atom. The molecule has 1 aromatic heterocycles. The van der Waals surface area contributed by atoms with E-state index in [-0.39, 0.29) is 0 Å². The van der Waals surface area contributed by atoms with Crippen LogP contribution in [0.3, 0.4) is 0 Å². The summed E-state index contributed by atoms with van der Waals surface area (Å²) in [6.07, 6.45) is 3.79. The molecule has 2 aliphatic carbocycles. The maximum Gasteiger partial charge on any atom is 0.0185 e. The van der Waals surface area contributed by atoms with Crippen LogP contribution in [0.2, 0.25) is 0 Å². The van der Waals surface area contributed by atoms with Crippen molar-refractivity contribution in [3.05, 3.63) is 21.9 Å². The van der Waals surface area contributed by atoms with Crippen molar-refractivity contribution in [2.45, 2.75) is 30.7 Å². The molecule has 1 fully saturated rings. The molecular formula is C9H11NS. The van der Waals surface area contributed by atoms with Crippen LogP contribution in [0.15, 0.2) is 11.4 Å². The van der Waals surface area contributed by atoms with Crippen LogP contribution in [-0.4, -0.2) is 6.04 Å². The molecule has 1 atom stereocenters. The van der Waals surface area contributed by atoms with Crippen LogP contribution in [0.4, 0.5) is 0 Å². The molecule has 0 aliphatic heterocycles. The highest BCUT2D eigenvalue weighted by Crippen LogP contribution is 2.57. The van der Waals surface area contributed by atoms with E-state index in [9.17, 15) is 0 Å². The Morgan fingerprint density at radius 3 is 3.09 bits per heavy atom. The van der Waals surface area contributed by atoms with Gasteiger partial charge in [0.25, 0.3) is 0 Å². The van der Waals surface area contributed by atoms with Crippen LogP contribution in [0, 0.1) is 0 Å². The second-order valence-electron chi connectivity index (χ2n) is 3.72. The Bertz CT molecular complexity index is 298. The third-order valence-corrected chi connectivity index (χ3v) is 4.13. The summed E-state index contributed by atoms with van der Waals surface area (Å²) in [5, 5.41) is 2.20. The molecule has 1 nitrogen and oxygen atoms in total. The Morgan fingerprint density at radius 2 is 2.36 bits per heavy atom. The first kappa shape index (κ1) is 6.21. The molecule has 1 spiro atoms. The highest BCUT2D eigenvalue weighted by atomic mass is 32.1. The highest BCUT2D eigenvalue weighted by Gasteiger charge is 2.54. The lowest BCUT2D eigenvalue weighted by Gasteiger charge is -2.12. The van der Waals surface area contributed by atoms with E-state index in [0.717, 1.165) is 6.42 Å². The molecule has 0 radical (unpaired) electrons. The van der Waals surface area contributed by atoms with Crippen LogP contribution in [0.1, 0.15) is 23.3 Å². The standard InChI is InChI=1S/C9H11NS/c10-8-5-7-6(1-4-11-7)9(8)2-3-9/h1,4,8H,2-3,5,10H2. The molecule has 0 aromatic carbocycles. The summed E-state index contributed by atoms with van der Waals surface area (Å²) < 4.78 is 0. The maximum atomic E-state index is 6.08. The summed E-state index contributed by atoms with van der Waals surface area (Å²) in [5.41, 5.74) is 8.11. The van der Waals surface area contributed by atoms with Gasteiger partial charge >= 0.3 is 0 Å². The van der Waals surface area contributed by atoms with E-state index < -0.39 is 0 Å². The van der Waals surface area contributed by atoms with E-state index >= 15 is 0 Å². The van der Waals surface area contributed by atoms with Crippen LogP contribution >= 0.6 is 11.3 Å². The minimum absolute atomic E-state index is 0.435. The predicted octanol–water partition coefficient (Wildman–Crippen LogP) is 1.66. The van der Waals surface area contributed by atoms with Gasteiger partial charge < -0.3 is 5.73 Å². The van der Waals surface area contributed by atoms with Gasteiger partial charge in [0.05, 0.1) is 0 Å².